The molecule has 0 unspecified atom stereocenters. The monoisotopic (exact) mass is 235 g/mol. The molecule has 4 nitrogen and oxygen atoms in total. The molecule has 0 saturated carbocycles. The predicted octanol–water partition coefficient (Wildman–Crippen LogP) is 2.74. The first kappa shape index (κ1) is 11.3. The van der Waals surface area contributed by atoms with Crippen molar-refractivity contribution in [1.82, 2.24) is 5.16 Å². The summed E-state index contributed by atoms with van der Waals surface area (Å²) >= 11 is 0. The number of hydrogen-bond donors (Lipinski definition) is 1. The number of benzene rings is 1. The fourth-order valence-corrected chi connectivity index (χ4v) is 1.49. The van der Waals surface area contributed by atoms with Crippen LogP contribution in [0, 0.1) is 5.82 Å². The summed E-state index contributed by atoms with van der Waals surface area (Å²) in [6.07, 6.45) is 0.761. The molecule has 17 heavy (non-hydrogen) atoms. The molecule has 0 aliphatic heterocycles. The maximum atomic E-state index is 13.6. The van der Waals surface area contributed by atoms with Crippen LogP contribution in [0.5, 0.6) is 0 Å². The van der Waals surface area contributed by atoms with Gasteiger partial charge >= 0.3 is 5.97 Å². The van der Waals surface area contributed by atoms with Gasteiger partial charge in [-0.15, -0.1) is 0 Å². The number of aromatic carboxylic acids is 1. The van der Waals surface area contributed by atoms with Crippen LogP contribution in [-0.2, 0) is 6.42 Å². The maximum Gasteiger partial charge on any atom is 0.374 e. The van der Waals surface area contributed by atoms with Gasteiger partial charge in [-0.3, -0.25) is 0 Å². The number of aryl methyl sites for hydroxylation is 1. The molecule has 1 aromatic carbocycles. The molecule has 2 rings (SSSR count). The highest BCUT2D eigenvalue weighted by atomic mass is 19.1. The summed E-state index contributed by atoms with van der Waals surface area (Å²) in [6.45, 7) is 1.95. The largest absolute Gasteiger partial charge is 0.475 e. The molecule has 0 amide bonds. The summed E-state index contributed by atoms with van der Waals surface area (Å²) in [5, 5.41) is 12.2. The molecule has 88 valence electrons. The van der Waals surface area contributed by atoms with Gasteiger partial charge in [-0.25, -0.2) is 9.18 Å². The molecule has 0 fully saturated rings. The summed E-state index contributed by atoms with van der Waals surface area (Å²) in [7, 11) is 0. The van der Waals surface area contributed by atoms with Crippen molar-refractivity contribution in [2.75, 3.05) is 0 Å². The number of halogens is 1. The molecule has 5 heteroatoms. The van der Waals surface area contributed by atoms with Gasteiger partial charge in [-0.2, -0.15) is 0 Å². The minimum atomic E-state index is -1.23. The number of carboxylic acids is 1. The van der Waals surface area contributed by atoms with Gasteiger partial charge < -0.3 is 9.63 Å². The summed E-state index contributed by atoms with van der Waals surface area (Å²) in [6, 6.07) is 5.86. The Kier molecular flexibility index (Phi) is 2.91. The fourth-order valence-electron chi connectivity index (χ4n) is 1.49. The number of aromatic nitrogens is 1. The molecule has 1 N–H and O–H groups in total. The second kappa shape index (κ2) is 4.37. The summed E-state index contributed by atoms with van der Waals surface area (Å²) in [5.74, 6) is -1.98. The lowest BCUT2D eigenvalue weighted by Crippen LogP contribution is -1.92. The first-order chi connectivity index (χ1) is 8.11. The van der Waals surface area contributed by atoms with E-state index in [2.05, 4.69) is 9.68 Å². The van der Waals surface area contributed by atoms with E-state index in [1.165, 1.54) is 12.1 Å². The molecule has 2 aromatic rings. The predicted molar refractivity (Wildman–Crippen MR) is 58.2 cm³/mol. The van der Waals surface area contributed by atoms with E-state index in [9.17, 15) is 9.18 Å². The highest BCUT2D eigenvalue weighted by Gasteiger charge is 2.15. The lowest BCUT2D eigenvalue weighted by molar-refractivity contribution is 0.0652. The molecule has 1 aromatic heterocycles. The van der Waals surface area contributed by atoms with Crippen molar-refractivity contribution in [3.05, 3.63) is 41.4 Å². The van der Waals surface area contributed by atoms with Crippen molar-refractivity contribution in [3.63, 3.8) is 0 Å². The van der Waals surface area contributed by atoms with Crippen LogP contribution in [0.3, 0.4) is 0 Å². The van der Waals surface area contributed by atoms with Gasteiger partial charge in [0.05, 0.1) is 0 Å². The third-order valence-corrected chi connectivity index (χ3v) is 2.44. The zero-order valence-electron chi connectivity index (χ0n) is 9.11. The highest BCUT2D eigenvalue weighted by molar-refractivity contribution is 5.85. The third-order valence-electron chi connectivity index (χ3n) is 2.44. The van der Waals surface area contributed by atoms with Gasteiger partial charge in [0, 0.05) is 11.6 Å². The molecule has 0 radical (unpaired) electrons. The SMILES string of the molecule is CCc1ccc(F)c(-c2cc(C(=O)O)on2)c1. The van der Waals surface area contributed by atoms with Crippen molar-refractivity contribution in [3.8, 4) is 11.3 Å². The van der Waals surface area contributed by atoms with E-state index in [0.717, 1.165) is 12.0 Å². The summed E-state index contributed by atoms with van der Waals surface area (Å²) in [5.41, 5.74) is 1.39. The van der Waals surface area contributed by atoms with Gasteiger partial charge in [-0.05, 0) is 24.1 Å². The lowest BCUT2D eigenvalue weighted by atomic mass is 10.1. The summed E-state index contributed by atoms with van der Waals surface area (Å²) < 4.78 is 18.2. The van der Waals surface area contributed by atoms with Gasteiger partial charge in [0.1, 0.15) is 11.5 Å². The minimum Gasteiger partial charge on any atom is -0.475 e. The molecule has 0 atom stereocenters. The Morgan fingerprint density at radius 2 is 2.24 bits per heavy atom. The van der Waals surface area contributed by atoms with Crippen molar-refractivity contribution in [1.29, 1.82) is 0 Å². The fraction of sp³-hybridized carbons (Fsp3) is 0.167. The van der Waals surface area contributed by atoms with E-state index in [1.807, 2.05) is 6.92 Å². The van der Waals surface area contributed by atoms with Gasteiger partial charge in [0.15, 0.2) is 0 Å². The average Bonchev–Trinajstić information content (AvgIpc) is 2.79. The van der Waals surface area contributed by atoms with E-state index < -0.39 is 11.8 Å². The zero-order valence-corrected chi connectivity index (χ0v) is 9.11. The second-order valence-electron chi connectivity index (χ2n) is 3.55. The van der Waals surface area contributed by atoms with Gasteiger partial charge in [0.2, 0.25) is 5.76 Å². The molecular weight excluding hydrogens is 225 g/mol. The van der Waals surface area contributed by atoms with Crippen LogP contribution >= 0.6 is 0 Å². The van der Waals surface area contributed by atoms with Crippen LogP contribution in [0.15, 0.2) is 28.8 Å². The number of carboxylic acid groups (broad SMARTS) is 1. The molecular formula is C12H10FNO3. The molecule has 0 aliphatic carbocycles. The zero-order chi connectivity index (χ0) is 12.4. The van der Waals surface area contributed by atoms with E-state index in [0.29, 0.717) is 0 Å². The standard InChI is InChI=1S/C12H10FNO3/c1-2-7-3-4-9(13)8(5-7)10-6-11(12(15)16)17-14-10/h3-6H,2H2,1H3,(H,15,16). The van der Waals surface area contributed by atoms with Crippen LogP contribution < -0.4 is 0 Å². The molecule has 0 saturated heterocycles. The first-order valence-electron chi connectivity index (χ1n) is 5.10. The Morgan fingerprint density at radius 3 is 2.82 bits per heavy atom. The molecule has 0 aliphatic rings. The topological polar surface area (TPSA) is 63.3 Å². The normalized spacial score (nSPS) is 10.5. The number of rotatable bonds is 3. The Balaban J connectivity index is 2.47. The van der Waals surface area contributed by atoms with Crippen LogP contribution in [0.2, 0.25) is 0 Å². The average molecular weight is 235 g/mol. The van der Waals surface area contributed by atoms with Crippen LogP contribution in [0.25, 0.3) is 11.3 Å². The quantitative estimate of drug-likeness (QED) is 0.888. The van der Waals surface area contributed by atoms with Crippen molar-refractivity contribution in [2.45, 2.75) is 13.3 Å². The highest BCUT2D eigenvalue weighted by Crippen LogP contribution is 2.24. The second-order valence-corrected chi connectivity index (χ2v) is 3.55. The smallest absolute Gasteiger partial charge is 0.374 e. The number of hydrogen-bond acceptors (Lipinski definition) is 3. The Labute approximate surface area is 96.7 Å². The molecule has 0 spiro atoms. The van der Waals surface area contributed by atoms with Crippen molar-refractivity contribution in [2.24, 2.45) is 0 Å². The van der Waals surface area contributed by atoms with E-state index in [4.69, 9.17) is 5.11 Å². The van der Waals surface area contributed by atoms with E-state index in [-0.39, 0.29) is 17.0 Å². The van der Waals surface area contributed by atoms with Crippen LogP contribution in [0.4, 0.5) is 4.39 Å². The van der Waals surface area contributed by atoms with Crippen molar-refractivity contribution >= 4 is 5.97 Å². The number of carbonyl (C=O) groups is 1. The maximum absolute atomic E-state index is 13.6. The minimum absolute atomic E-state index is 0.190. The van der Waals surface area contributed by atoms with E-state index >= 15 is 0 Å². The number of nitrogens with zero attached hydrogens (tertiary/aromatic N) is 1. The van der Waals surface area contributed by atoms with Crippen molar-refractivity contribution < 1.29 is 18.8 Å². The van der Waals surface area contributed by atoms with Gasteiger partial charge in [0.25, 0.3) is 0 Å². The Morgan fingerprint density at radius 1 is 1.47 bits per heavy atom. The van der Waals surface area contributed by atoms with Gasteiger partial charge in [-0.1, -0.05) is 18.1 Å². The van der Waals surface area contributed by atoms with E-state index in [1.54, 1.807) is 12.1 Å². The Bertz CT molecular complexity index is 563. The summed E-state index contributed by atoms with van der Waals surface area (Å²) in [4.78, 5) is 10.6. The lowest BCUT2D eigenvalue weighted by Gasteiger charge is -2.01. The molecule has 1 heterocycles. The molecule has 0 bridgehead atoms. The first-order valence-corrected chi connectivity index (χ1v) is 5.10. The van der Waals surface area contributed by atoms with Crippen LogP contribution in [-0.4, -0.2) is 16.2 Å². The third kappa shape index (κ3) is 2.18. The van der Waals surface area contributed by atoms with Crippen LogP contribution in [0.1, 0.15) is 23.0 Å². The Hall–Kier alpha value is -2.17.